The van der Waals surface area contributed by atoms with Gasteiger partial charge in [-0.15, -0.1) is 0 Å². The van der Waals surface area contributed by atoms with Gasteiger partial charge in [-0.2, -0.15) is 11.8 Å². The Morgan fingerprint density at radius 2 is 2.57 bits per heavy atom. The number of thioether (sulfide) groups is 1. The molecule has 1 aromatic heterocycles. The summed E-state index contributed by atoms with van der Waals surface area (Å²) in [5.74, 6) is 2.09. The van der Waals surface area contributed by atoms with E-state index >= 15 is 0 Å². The van der Waals surface area contributed by atoms with Gasteiger partial charge in [0.2, 0.25) is 0 Å². The fourth-order valence-corrected chi connectivity index (χ4v) is 2.94. The van der Waals surface area contributed by atoms with E-state index in [1.807, 2.05) is 11.8 Å². The van der Waals surface area contributed by atoms with Gasteiger partial charge in [0.05, 0.1) is 11.8 Å². The Morgan fingerprint density at radius 1 is 1.71 bits per heavy atom. The van der Waals surface area contributed by atoms with Crippen LogP contribution in [0.4, 0.5) is 0 Å². The van der Waals surface area contributed by atoms with Gasteiger partial charge in [0.25, 0.3) is 5.91 Å². The van der Waals surface area contributed by atoms with Crippen molar-refractivity contribution in [3.8, 4) is 0 Å². The number of furan rings is 1. The molecule has 76 valence electrons. The van der Waals surface area contributed by atoms with Gasteiger partial charge < -0.3 is 9.73 Å². The number of rotatable bonds is 2. The van der Waals surface area contributed by atoms with E-state index in [4.69, 9.17) is 4.42 Å². The monoisotopic (exact) mass is 275 g/mol. The average molecular weight is 276 g/mol. The maximum Gasteiger partial charge on any atom is 0.256 e. The highest BCUT2D eigenvalue weighted by molar-refractivity contribution is 9.10. The van der Waals surface area contributed by atoms with Gasteiger partial charge in [0, 0.05) is 11.8 Å². The summed E-state index contributed by atoms with van der Waals surface area (Å²) in [5, 5.41) is 2.97. The van der Waals surface area contributed by atoms with Crippen LogP contribution in [0.25, 0.3) is 0 Å². The molecule has 0 aromatic carbocycles. The molecular weight excluding hydrogens is 266 g/mol. The molecule has 1 unspecified atom stereocenters. The summed E-state index contributed by atoms with van der Waals surface area (Å²) in [5.41, 5.74) is 0.571. The normalized spacial score (nSPS) is 21.1. The first kappa shape index (κ1) is 10.1. The van der Waals surface area contributed by atoms with Crippen LogP contribution in [-0.4, -0.2) is 23.5 Å². The molecular formula is C9H10BrNO2S. The van der Waals surface area contributed by atoms with Crippen molar-refractivity contribution in [1.29, 1.82) is 0 Å². The summed E-state index contributed by atoms with van der Waals surface area (Å²) in [6, 6.07) is 1.98. The van der Waals surface area contributed by atoms with Crippen LogP contribution in [0.3, 0.4) is 0 Å². The van der Waals surface area contributed by atoms with Gasteiger partial charge >= 0.3 is 0 Å². The Bertz CT molecular complexity index is 333. The quantitative estimate of drug-likeness (QED) is 0.901. The van der Waals surface area contributed by atoms with Crippen molar-refractivity contribution in [2.45, 2.75) is 12.5 Å². The fraction of sp³-hybridized carbons (Fsp3) is 0.444. The molecule has 1 aromatic rings. The molecule has 1 amide bonds. The van der Waals surface area contributed by atoms with Crippen LogP contribution in [-0.2, 0) is 0 Å². The van der Waals surface area contributed by atoms with Crippen molar-refractivity contribution in [2.24, 2.45) is 0 Å². The molecule has 1 aliphatic rings. The minimum Gasteiger partial charge on any atom is -0.457 e. The van der Waals surface area contributed by atoms with Gasteiger partial charge in [-0.25, -0.2) is 0 Å². The molecule has 0 saturated carbocycles. The minimum absolute atomic E-state index is 0.0573. The first-order chi connectivity index (χ1) is 6.77. The van der Waals surface area contributed by atoms with E-state index in [0.717, 1.165) is 17.9 Å². The second kappa shape index (κ2) is 4.40. The summed E-state index contributed by atoms with van der Waals surface area (Å²) in [6.07, 6.45) is 2.56. The molecule has 2 heterocycles. The summed E-state index contributed by atoms with van der Waals surface area (Å²) in [6.45, 7) is 0. The first-order valence-electron chi connectivity index (χ1n) is 4.39. The number of nitrogens with one attached hydrogen (secondary N) is 1. The second-order valence-corrected chi connectivity index (χ2v) is 5.01. The molecule has 1 N–H and O–H groups in total. The number of halogens is 1. The molecule has 3 nitrogen and oxygen atoms in total. The molecule has 1 saturated heterocycles. The van der Waals surface area contributed by atoms with Crippen LogP contribution in [0.5, 0.6) is 0 Å². The first-order valence-corrected chi connectivity index (χ1v) is 6.34. The predicted octanol–water partition coefficient (Wildman–Crippen LogP) is 2.28. The van der Waals surface area contributed by atoms with E-state index in [0.29, 0.717) is 16.3 Å². The number of hydrogen-bond donors (Lipinski definition) is 1. The van der Waals surface area contributed by atoms with Crippen LogP contribution in [0.15, 0.2) is 21.4 Å². The van der Waals surface area contributed by atoms with Gasteiger partial charge in [-0.1, -0.05) is 0 Å². The zero-order valence-electron chi connectivity index (χ0n) is 7.46. The highest BCUT2D eigenvalue weighted by Crippen LogP contribution is 2.20. The topological polar surface area (TPSA) is 42.2 Å². The lowest BCUT2D eigenvalue weighted by Crippen LogP contribution is -2.34. The minimum atomic E-state index is -0.0573. The molecule has 0 spiro atoms. The van der Waals surface area contributed by atoms with Crippen molar-refractivity contribution in [1.82, 2.24) is 5.32 Å². The molecule has 0 radical (unpaired) electrons. The molecule has 1 fully saturated rings. The van der Waals surface area contributed by atoms with Crippen molar-refractivity contribution >= 4 is 33.6 Å². The molecule has 0 aliphatic carbocycles. The Balaban J connectivity index is 1.98. The highest BCUT2D eigenvalue weighted by Gasteiger charge is 2.20. The van der Waals surface area contributed by atoms with Crippen LogP contribution in [0, 0.1) is 0 Å². The van der Waals surface area contributed by atoms with E-state index in [9.17, 15) is 4.79 Å². The Labute approximate surface area is 94.7 Å². The van der Waals surface area contributed by atoms with Gasteiger partial charge in [0.15, 0.2) is 4.67 Å². The Morgan fingerprint density at radius 3 is 3.14 bits per heavy atom. The lowest BCUT2D eigenvalue weighted by Gasteiger charge is -2.09. The van der Waals surface area contributed by atoms with E-state index in [-0.39, 0.29) is 5.91 Å². The lowest BCUT2D eigenvalue weighted by atomic mass is 10.2. The SMILES string of the molecule is O=C(NC1CCSC1)c1ccoc1Br. The number of carbonyl (C=O) groups excluding carboxylic acids is 1. The van der Waals surface area contributed by atoms with Crippen molar-refractivity contribution in [2.75, 3.05) is 11.5 Å². The molecule has 5 heteroatoms. The predicted molar refractivity (Wildman–Crippen MR) is 59.6 cm³/mol. The van der Waals surface area contributed by atoms with Crippen LogP contribution in [0.2, 0.25) is 0 Å². The van der Waals surface area contributed by atoms with Crippen LogP contribution in [0.1, 0.15) is 16.8 Å². The standard InChI is InChI=1S/C9H10BrNO2S/c10-8-7(1-3-13-8)9(12)11-6-2-4-14-5-6/h1,3,6H,2,4-5H2,(H,11,12). The molecule has 1 atom stereocenters. The fourth-order valence-electron chi connectivity index (χ4n) is 1.37. The summed E-state index contributed by atoms with van der Waals surface area (Å²) in [4.78, 5) is 11.7. The van der Waals surface area contributed by atoms with Crippen molar-refractivity contribution in [3.05, 3.63) is 22.6 Å². The molecule has 2 rings (SSSR count). The number of carbonyl (C=O) groups is 1. The van der Waals surface area contributed by atoms with E-state index < -0.39 is 0 Å². The average Bonchev–Trinajstić information content (AvgIpc) is 2.75. The van der Waals surface area contributed by atoms with Gasteiger partial charge in [-0.3, -0.25) is 4.79 Å². The molecule has 1 aliphatic heterocycles. The second-order valence-electron chi connectivity index (χ2n) is 3.14. The number of amides is 1. The summed E-state index contributed by atoms with van der Waals surface area (Å²) >= 11 is 5.06. The highest BCUT2D eigenvalue weighted by atomic mass is 79.9. The van der Waals surface area contributed by atoms with Gasteiger partial charge in [-0.05, 0) is 34.2 Å². The van der Waals surface area contributed by atoms with E-state index in [1.54, 1.807) is 6.07 Å². The van der Waals surface area contributed by atoms with Crippen molar-refractivity contribution < 1.29 is 9.21 Å². The third kappa shape index (κ3) is 2.15. The third-order valence-corrected chi connectivity index (χ3v) is 3.90. The zero-order chi connectivity index (χ0) is 9.97. The molecule has 14 heavy (non-hydrogen) atoms. The zero-order valence-corrected chi connectivity index (χ0v) is 9.86. The van der Waals surface area contributed by atoms with Crippen LogP contribution >= 0.6 is 27.7 Å². The maximum atomic E-state index is 11.7. The van der Waals surface area contributed by atoms with E-state index in [2.05, 4.69) is 21.2 Å². The lowest BCUT2D eigenvalue weighted by molar-refractivity contribution is 0.0939. The van der Waals surface area contributed by atoms with Gasteiger partial charge in [0.1, 0.15) is 0 Å². The maximum absolute atomic E-state index is 11.7. The smallest absolute Gasteiger partial charge is 0.256 e. The Kier molecular flexibility index (Phi) is 3.18. The van der Waals surface area contributed by atoms with Crippen molar-refractivity contribution in [3.63, 3.8) is 0 Å². The van der Waals surface area contributed by atoms with E-state index in [1.165, 1.54) is 6.26 Å². The molecule has 0 bridgehead atoms. The summed E-state index contributed by atoms with van der Waals surface area (Å²) in [7, 11) is 0. The largest absolute Gasteiger partial charge is 0.457 e. The third-order valence-electron chi connectivity index (χ3n) is 2.13. The van der Waals surface area contributed by atoms with Crippen LogP contribution < -0.4 is 5.32 Å². The summed E-state index contributed by atoms with van der Waals surface area (Å²) < 4.78 is 5.50. The Hall–Kier alpha value is -0.420. The number of hydrogen-bond acceptors (Lipinski definition) is 3.